The molecule has 1 heterocycles. The van der Waals surface area contributed by atoms with Gasteiger partial charge in [-0.05, 0) is 101 Å². The number of aliphatic hydroxyl groups is 1. The van der Waals surface area contributed by atoms with Crippen LogP contribution in [0.5, 0.6) is 0 Å². The lowest BCUT2D eigenvalue weighted by Crippen LogP contribution is -2.55. The van der Waals surface area contributed by atoms with Crippen molar-refractivity contribution in [3.63, 3.8) is 0 Å². The molecule has 1 fully saturated rings. The molecular formula is C41H56N4O7S. The summed E-state index contributed by atoms with van der Waals surface area (Å²) >= 11 is 0. The highest BCUT2D eigenvalue weighted by atomic mass is 32.2. The third-order valence-corrected chi connectivity index (χ3v) is 11.4. The van der Waals surface area contributed by atoms with E-state index in [0.717, 1.165) is 18.4 Å². The Hall–Kier alpha value is -4.26. The highest BCUT2D eigenvalue weighted by Gasteiger charge is 2.35. The number of rotatable bonds is 15. The van der Waals surface area contributed by atoms with E-state index in [2.05, 4.69) is 16.0 Å². The number of hydrogen-bond donors (Lipinski definition) is 4. The molecule has 0 aliphatic carbocycles. The summed E-state index contributed by atoms with van der Waals surface area (Å²) in [6.07, 6.45) is 0.114. The molecule has 53 heavy (non-hydrogen) atoms. The summed E-state index contributed by atoms with van der Waals surface area (Å²) in [5.74, 6) is -1.62. The van der Waals surface area contributed by atoms with Gasteiger partial charge in [-0.2, -0.15) is 0 Å². The van der Waals surface area contributed by atoms with E-state index in [4.69, 9.17) is 4.74 Å². The van der Waals surface area contributed by atoms with Crippen LogP contribution >= 0.6 is 0 Å². The van der Waals surface area contributed by atoms with Gasteiger partial charge >= 0.3 is 6.09 Å². The minimum atomic E-state index is -3.75. The molecule has 0 saturated carbocycles. The lowest BCUT2D eigenvalue weighted by molar-refractivity contribution is -0.139. The van der Waals surface area contributed by atoms with Crippen LogP contribution in [0.25, 0.3) is 0 Å². The van der Waals surface area contributed by atoms with Crippen molar-refractivity contribution in [2.45, 2.75) is 106 Å². The summed E-state index contributed by atoms with van der Waals surface area (Å²) in [5.41, 5.74) is 0.775. The number of ether oxygens (including phenoxy) is 1. The number of alkyl carbamates (subject to hydrolysis) is 1. The minimum Gasteiger partial charge on any atom is -0.444 e. The van der Waals surface area contributed by atoms with Crippen LogP contribution in [0.2, 0.25) is 0 Å². The van der Waals surface area contributed by atoms with Crippen molar-refractivity contribution in [3.8, 4) is 0 Å². The van der Waals surface area contributed by atoms with Crippen LogP contribution in [-0.4, -0.2) is 86.3 Å². The van der Waals surface area contributed by atoms with Crippen LogP contribution in [0.1, 0.15) is 65.0 Å². The first-order valence-corrected chi connectivity index (χ1v) is 19.9. The molecule has 0 unspecified atom stereocenters. The number of sulfone groups is 1. The molecule has 4 N–H and O–H groups in total. The molecule has 1 saturated heterocycles. The van der Waals surface area contributed by atoms with E-state index in [1.165, 1.54) is 24.3 Å². The second kappa shape index (κ2) is 18.7. The van der Waals surface area contributed by atoms with Crippen LogP contribution < -0.4 is 16.0 Å². The number of benzene rings is 3. The Morgan fingerprint density at radius 2 is 1.38 bits per heavy atom. The maximum atomic E-state index is 14.3. The number of hydrogen-bond acceptors (Lipinski definition) is 8. The van der Waals surface area contributed by atoms with Crippen molar-refractivity contribution in [1.29, 1.82) is 0 Å². The molecule has 4 atom stereocenters. The van der Waals surface area contributed by atoms with Gasteiger partial charge in [0.05, 0.1) is 21.9 Å². The van der Waals surface area contributed by atoms with E-state index in [1.54, 1.807) is 56.0 Å². The highest BCUT2D eigenvalue weighted by Crippen LogP contribution is 2.25. The molecule has 3 aromatic rings. The monoisotopic (exact) mass is 748 g/mol. The number of nitrogens with zero attached hydrogens (tertiary/aromatic N) is 1. The van der Waals surface area contributed by atoms with E-state index in [9.17, 15) is 27.9 Å². The van der Waals surface area contributed by atoms with Gasteiger partial charge in [0.25, 0.3) is 0 Å². The zero-order valence-corrected chi connectivity index (χ0v) is 32.6. The van der Waals surface area contributed by atoms with Gasteiger partial charge < -0.3 is 30.7 Å². The topological polar surface area (TPSA) is 154 Å². The Kier molecular flexibility index (Phi) is 14.6. The first-order valence-electron chi connectivity index (χ1n) is 18.4. The van der Waals surface area contributed by atoms with Crippen molar-refractivity contribution in [2.75, 3.05) is 20.1 Å². The van der Waals surface area contributed by atoms with Crippen LogP contribution in [0.15, 0.2) is 94.7 Å². The zero-order valence-electron chi connectivity index (χ0n) is 31.7. The molecular weight excluding hydrogens is 693 g/mol. The van der Waals surface area contributed by atoms with Crippen molar-refractivity contribution < 1.29 is 32.6 Å². The summed E-state index contributed by atoms with van der Waals surface area (Å²) in [7, 11) is -1.84. The van der Waals surface area contributed by atoms with Crippen molar-refractivity contribution in [2.24, 2.45) is 11.8 Å². The van der Waals surface area contributed by atoms with E-state index in [0.29, 0.717) is 24.7 Å². The van der Waals surface area contributed by atoms with Gasteiger partial charge in [-0.25, -0.2) is 13.2 Å². The number of carbonyl (C=O) groups is 3. The average Bonchev–Trinajstić information content (AvgIpc) is 3.13. The van der Waals surface area contributed by atoms with E-state index in [-0.39, 0.29) is 40.9 Å². The first-order chi connectivity index (χ1) is 25.1. The quantitative estimate of drug-likeness (QED) is 0.171. The molecule has 288 valence electrons. The fraction of sp³-hybridized carbons (Fsp3) is 0.488. The van der Waals surface area contributed by atoms with Crippen LogP contribution in [-0.2, 0) is 37.0 Å². The van der Waals surface area contributed by atoms with Gasteiger partial charge in [-0.15, -0.1) is 0 Å². The first kappa shape index (κ1) is 41.5. The number of nitrogens with one attached hydrogen (secondary N) is 3. The highest BCUT2D eigenvalue weighted by molar-refractivity contribution is 7.91. The Morgan fingerprint density at radius 3 is 1.92 bits per heavy atom. The second-order valence-corrected chi connectivity index (χ2v) is 17.2. The standard InChI is InChI=1S/C41H56N4O7S/c1-28(2)37(39(48)45-23-21-32(42-6)22-24-45)44-38(47)31(25-30-17-19-34(20-18-30)53(50,51)33-15-11-8-12-16-33)27-36(46)35(26-29-13-9-7-10-14-29)43-40(49)52-41(3,4)5/h7-20,28,31-32,35-37,42,46H,21-27H2,1-6H3,(H,43,49)(H,44,47)/t31-,35+,36-,37-/m0/s1. The van der Waals surface area contributed by atoms with Crippen molar-refractivity contribution in [3.05, 3.63) is 96.1 Å². The van der Waals surface area contributed by atoms with Gasteiger partial charge in [0, 0.05) is 25.0 Å². The van der Waals surface area contributed by atoms with Crippen LogP contribution in [0.3, 0.4) is 0 Å². The predicted molar refractivity (Wildman–Crippen MR) is 205 cm³/mol. The molecule has 1 aliphatic rings. The SMILES string of the molecule is CNC1CCN(C(=O)[C@@H](NC(=O)[C@@H](Cc2ccc(S(=O)(=O)c3ccccc3)cc2)C[C@H](O)[C@@H](Cc2ccccc2)NC(=O)OC(C)(C)C)C(C)C)CC1. The molecule has 3 amide bonds. The summed E-state index contributed by atoms with van der Waals surface area (Å²) in [4.78, 5) is 43.1. The smallest absolute Gasteiger partial charge is 0.407 e. The molecule has 4 rings (SSSR count). The third-order valence-electron chi connectivity index (χ3n) is 9.58. The molecule has 0 spiro atoms. The Labute approximate surface area is 314 Å². The van der Waals surface area contributed by atoms with Crippen molar-refractivity contribution in [1.82, 2.24) is 20.9 Å². The lowest BCUT2D eigenvalue weighted by atomic mass is 9.88. The molecule has 1 aliphatic heterocycles. The number of amides is 3. The van der Waals surface area contributed by atoms with Crippen LogP contribution in [0.4, 0.5) is 4.79 Å². The average molecular weight is 749 g/mol. The summed E-state index contributed by atoms with van der Waals surface area (Å²) in [6.45, 7) is 10.2. The molecule has 12 heteroatoms. The molecule has 0 radical (unpaired) electrons. The number of piperidine rings is 1. The maximum Gasteiger partial charge on any atom is 0.407 e. The number of carbonyl (C=O) groups excluding carboxylic acids is 3. The third kappa shape index (κ3) is 12.1. The Morgan fingerprint density at radius 1 is 0.830 bits per heavy atom. The normalized spacial score (nSPS) is 16.3. The van der Waals surface area contributed by atoms with E-state index < -0.39 is 51.5 Å². The fourth-order valence-corrected chi connectivity index (χ4v) is 7.83. The molecule has 0 bridgehead atoms. The fourth-order valence-electron chi connectivity index (χ4n) is 6.54. The predicted octanol–water partition coefficient (Wildman–Crippen LogP) is 4.92. The largest absolute Gasteiger partial charge is 0.444 e. The van der Waals surface area contributed by atoms with Gasteiger partial charge in [-0.3, -0.25) is 9.59 Å². The Bertz CT molecular complexity index is 1740. The van der Waals surface area contributed by atoms with Gasteiger partial charge in [0.15, 0.2) is 0 Å². The van der Waals surface area contributed by atoms with Crippen LogP contribution in [0, 0.1) is 11.8 Å². The van der Waals surface area contributed by atoms with Gasteiger partial charge in [0.2, 0.25) is 21.7 Å². The van der Waals surface area contributed by atoms with Gasteiger partial charge in [-0.1, -0.05) is 74.5 Å². The lowest BCUT2D eigenvalue weighted by Gasteiger charge is -2.36. The maximum absolute atomic E-state index is 14.3. The number of likely N-dealkylation sites (tertiary alicyclic amines) is 1. The summed E-state index contributed by atoms with van der Waals surface area (Å²) < 4.78 is 32.0. The van der Waals surface area contributed by atoms with E-state index in [1.807, 2.05) is 51.2 Å². The minimum absolute atomic E-state index is 0.0598. The summed E-state index contributed by atoms with van der Waals surface area (Å²) in [5, 5.41) is 20.9. The van der Waals surface area contributed by atoms with Gasteiger partial charge in [0.1, 0.15) is 11.6 Å². The summed E-state index contributed by atoms with van der Waals surface area (Å²) in [6, 6.07) is 22.7. The molecule has 3 aromatic carbocycles. The molecule has 0 aromatic heterocycles. The zero-order chi connectivity index (χ0) is 38.8. The van der Waals surface area contributed by atoms with Crippen molar-refractivity contribution >= 4 is 27.7 Å². The number of aliphatic hydroxyl groups excluding tert-OH is 1. The molecule has 11 nitrogen and oxygen atoms in total. The Balaban J connectivity index is 1.61. The van der Waals surface area contributed by atoms with E-state index >= 15 is 0 Å². The second-order valence-electron chi connectivity index (χ2n) is 15.2.